The molecule has 0 aromatic heterocycles. The van der Waals surface area contributed by atoms with E-state index in [0.717, 1.165) is 18.9 Å². The van der Waals surface area contributed by atoms with Gasteiger partial charge in [0.05, 0.1) is 4.92 Å². The summed E-state index contributed by atoms with van der Waals surface area (Å²) in [5, 5.41) is 10.7. The molecule has 1 aliphatic rings. The molecule has 0 amide bonds. The second-order valence-corrected chi connectivity index (χ2v) is 7.69. The third-order valence-electron chi connectivity index (χ3n) is 3.41. The number of rotatable bonds is 7. The molecule has 0 unspecified atom stereocenters. The van der Waals surface area contributed by atoms with Crippen molar-refractivity contribution in [3.05, 3.63) is 32.5 Å². The first-order valence-corrected chi connectivity index (χ1v) is 8.83. The van der Waals surface area contributed by atoms with Crippen molar-refractivity contribution < 1.29 is 17.7 Å². The van der Waals surface area contributed by atoms with E-state index in [4.69, 9.17) is 0 Å². The molecule has 1 N–H and O–H groups in total. The van der Waals surface area contributed by atoms with Gasteiger partial charge in [0, 0.05) is 29.7 Å². The molecule has 7 nitrogen and oxygen atoms in total. The van der Waals surface area contributed by atoms with Gasteiger partial charge in [-0.1, -0.05) is 0 Å². The van der Waals surface area contributed by atoms with E-state index in [1.165, 1.54) is 0 Å². The summed E-state index contributed by atoms with van der Waals surface area (Å²) in [5.74, 6) is -1.09. The minimum atomic E-state index is -3.96. The van der Waals surface area contributed by atoms with Gasteiger partial charge in [0.2, 0.25) is 15.8 Å². The third-order valence-corrected chi connectivity index (χ3v) is 5.83. The van der Waals surface area contributed by atoms with Gasteiger partial charge < -0.3 is 4.90 Å². The molecule has 0 aliphatic heterocycles. The normalized spacial score (nSPS) is 15.3. The maximum atomic E-state index is 13.4. The highest BCUT2D eigenvalue weighted by molar-refractivity contribution is 9.10. The second kappa shape index (κ2) is 6.57. The molecule has 0 heterocycles. The number of likely N-dealkylation sites (N-methyl/N-ethyl adjacent to an activating group) is 1. The molecule has 1 fully saturated rings. The number of sulfonamides is 1. The zero-order valence-electron chi connectivity index (χ0n) is 11.8. The van der Waals surface area contributed by atoms with E-state index in [2.05, 4.69) is 20.7 Å². The maximum absolute atomic E-state index is 13.4. The topological polar surface area (TPSA) is 92.6 Å². The summed E-state index contributed by atoms with van der Waals surface area (Å²) in [4.78, 5) is 11.5. The van der Waals surface area contributed by atoms with Crippen LogP contribution >= 0.6 is 15.9 Å². The van der Waals surface area contributed by atoms with Crippen molar-refractivity contribution in [2.24, 2.45) is 0 Å². The molecule has 22 heavy (non-hydrogen) atoms. The number of hydrogen-bond acceptors (Lipinski definition) is 5. The maximum Gasteiger partial charge on any atom is 0.306 e. The van der Waals surface area contributed by atoms with Crippen LogP contribution in [0.2, 0.25) is 0 Å². The Hall–Kier alpha value is -1.10. The Bertz CT molecular complexity index is 694. The lowest BCUT2D eigenvalue weighted by molar-refractivity contribution is -0.387. The van der Waals surface area contributed by atoms with Crippen LogP contribution in [0.1, 0.15) is 12.8 Å². The van der Waals surface area contributed by atoms with Crippen molar-refractivity contribution in [2.45, 2.75) is 23.8 Å². The molecule has 1 aromatic carbocycles. The first-order valence-electron chi connectivity index (χ1n) is 6.55. The summed E-state index contributed by atoms with van der Waals surface area (Å²) in [5.41, 5.74) is -0.876. The van der Waals surface area contributed by atoms with Crippen molar-refractivity contribution in [3.63, 3.8) is 0 Å². The van der Waals surface area contributed by atoms with Crippen LogP contribution < -0.4 is 4.72 Å². The van der Waals surface area contributed by atoms with Crippen LogP contribution in [0.5, 0.6) is 0 Å². The van der Waals surface area contributed by atoms with Crippen LogP contribution in [-0.2, 0) is 10.0 Å². The van der Waals surface area contributed by atoms with Crippen LogP contribution in [-0.4, -0.2) is 44.4 Å². The summed E-state index contributed by atoms with van der Waals surface area (Å²) in [6.07, 6.45) is 2.22. The molecule has 122 valence electrons. The lowest BCUT2D eigenvalue weighted by atomic mass is 10.3. The highest BCUT2D eigenvalue weighted by atomic mass is 79.9. The standard InChI is InChI=1S/C12H15BrFN3O4S/c1-16(8-2-3-8)5-4-15-22(20,21)12-7-11(17(18)19)10(14)6-9(12)13/h6-8,15H,2-5H2,1H3. The Kier molecular flexibility index (Phi) is 5.15. The van der Waals surface area contributed by atoms with Gasteiger partial charge in [-0.05, 0) is 41.9 Å². The largest absolute Gasteiger partial charge is 0.306 e. The highest BCUT2D eigenvalue weighted by Gasteiger charge is 2.27. The van der Waals surface area contributed by atoms with E-state index < -0.39 is 26.5 Å². The number of hydrogen-bond donors (Lipinski definition) is 1. The molecule has 2 rings (SSSR count). The molecule has 0 spiro atoms. The Morgan fingerprint density at radius 3 is 2.68 bits per heavy atom. The predicted molar refractivity (Wildman–Crippen MR) is 81.6 cm³/mol. The Morgan fingerprint density at radius 1 is 1.50 bits per heavy atom. The molecule has 10 heteroatoms. The monoisotopic (exact) mass is 395 g/mol. The molecular formula is C12H15BrFN3O4S. The van der Waals surface area contributed by atoms with Gasteiger partial charge in [-0.3, -0.25) is 10.1 Å². The number of halogens is 2. The lowest BCUT2D eigenvalue weighted by Crippen LogP contribution is -2.34. The van der Waals surface area contributed by atoms with Gasteiger partial charge in [-0.2, -0.15) is 4.39 Å². The van der Waals surface area contributed by atoms with Crippen LogP contribution in [0.15, 0.2) is 21.5 Å². The van der Waals surface area contributed by atoms with Crippen LogP contribution in [0.4, 0.5) is 10.1 Å². The fourth-order valence-corrected chi connectivity index (χ4v) is 4.05. The fraction of sp³-hybridized carbons (Fsp3) is 0.500. The molecular weight excluding hydrogens is 381 g/mol. The molecule has 0 radical (unpaired) electrons. The summed E-state index contributed by atoms with van der Waals surface area (Å²) < 4.78 is 40.1. The van der Waals surface area contributed by atoms with Crippen LogP contribution in [0.25, 0.3) is 0 Å². The number of benzene rings is 1. The van der Waals surface area contributed by atoms with Crippen LogP contribution in [0, 0.1) is 15.9 Å². The summed E-state index contributed by atoms with van der Waals surface area (Å²) in [6.45, 7) is 0.706. The molecule has 0 atom stereocenters. The highest BCUT2D eigenvalue weighted by Crippen LogP contribution is 2.29. The van der Waals surface area contributed by atoms with Crippen molar-refractivity contribution in [2.75, 3.05) is 20.1 Å². The third kappa shape index (κ3) is 4.00. The average Bonchev–Trinajstić information content (AvgIpc) is 3.21. The zero-order valence-corrected chi connectivity index (χ0v) is 14.2. The Balaban J connectivity index is 2.14. The smallest absolute Gasteiger partial charge is 0.302 e. The van der Waals surface area contributed by atoms with Crippen LogP contribution in [0.3, 0.4) is 0 Å². The van der Waals surface area contributed by atoms with Gasteiger partial charge in [-0.25, -0.2) is 13.1 Å². The van der Waals surface area contributed by atoms with Gasteiger partial charge in [-0.15, -0.1) is 0 Å². The van der Waals surface area contributed by atoms with E-state index in [1.54, 1.807) is 0 Å². The Morgan fingerprint density at radius 2 is 2.14 bits per heavy atom. The molecule has 1 saturated carbocycles. The lowest BCUT2D eigenvalue weighted by Gasteiger charge is -2.16. The minimum absolute atomic E-state index is 0.0568. The number of nitrogens with one attached hydrogen (secondary N) is 1. The Labute approximate surface area is 135 Å². The van der Waals surface area contributed by atoms with E-state index in [9.17, 15) is 22.9 Å². The van der Waals surface area contributed by atoms with Gasteiger partial charge in [0.15, 0.2) is 0 Å². The van der Waals surface area contributed by atoms with E-state index in [-0.39, 0.29) is 15.9 Å². The molecule has 0 saturated heterocycles. The quantitative estimate of drug-likeness (QED) is 0.561. The van der Waals surface area contributed by atoms with Crippen molar-refractivity contribution >= 4 is 31.6 Å². The molecule has 0 bridgehead atoms. The first kappa shape index (κ1) is 17.3. The predicted octanol–water partition coefficient (Wildman–Crippen LogP) is 1.87. The first-order chi connectivity index (χ1) is 10.2. The number of nitrogens with zero attached hydrogens (tertiary/aromatic N) is 2. The SMILES string of the molecule is CN(CCNS(=O)(=O)c1cc([N+](=O)[O-])c(F)cc1Br)C1CC1. The van der Waals surface area contributed by atoms with Crippen molar-refractivity contribution in [1.82, 2.24) is 9.62 Å². The van der Waals surface area contributed by atoms with Crippen molar-refractivity contribution in [1.29, 1.82) is 0 Å². The summed E-state index contributed by atoms with van der Waals surface area (Å²) in [6, 6.07) is 2.00. The van der Waals surface area contributed by atoms with Gasteiger partial charge in [0.1, 0.15) is 4.90 Å². The number of nitro benzene ring substituents is 1. The second-order valence-electron chi connectivity index (χ2n) is 5.10. The average molecular weight is 396 g/mol. The van der Waals surface area contributed by atoms with E-state index >= 15 is 0 Å². The summed E-state index contributed by atoms with van der Waals surface area (Å²) >= 11 is 2.93. The van der Waals surface area contributed by atoms with E-state index in [0.29, 0.717) is 18.7 Å². The molecule has 1 aromatic rings. The minimum Gasteiger partial charge on any atom is -0.302 e. The fourth-order valence-electron chi connectivity index (χ4n) is 2.00. The van der Waals surface area contributed by atoms with Gasteiger partial charge in [0.25, 0.3) is 0 Å². The van der Waals surface area contributed by atoms with E-state index in [1.807, 2.05) is 11.9 Å². The molecule has 1 aliphatic carbocycles. The van der Waals surface area contributed by atoms with Crippen molar-refractivity contribution in [3.8, 4) is 0 Å². The van der Waals surface area contributed by atoms with Gasteiger partial charge >= 0.3 is 5.69 Å². The zero-order chi connectivity index (χ0) is 16.5. The summed E-state index contributed by atoms with van der Waals surface area (Å²) in [7, 11) is -2.05. The number of nitro groups is 1.